The van der Waals surface area contributed by atoms with E-state index in [1.165, 1.54) is 22.3 Å². The van der Waals surface area contributed by atoms with Crippen molar-refractivity contribution in [2.75, 3.05) is 13.2 Å². The van der Waals surface area contributed by atoms with Crippen LogP contribution in [0.4, 0.5) is 0 Å². The van der Waals surface area contributed by atoms with Crippen LogP contribution in [0.25, 0.3) is 11.1 Å². The average Bonchev–Trinajstić information content (AvgIpc) is 2.40. The summed E-state index contributed by atoms with van der Waals surface area (Å²) < 4.78 is 5.53. The topological polar surface area (TPSA) is 29.5 Å². The third kappa shape index (κ3) is 3.58. The lowest BCUT2D eigenvalue weighted by Gasteiger charge is -2.09. The van der Waals surface area contributed by atoms with E-state index in [1.54, 1.807) is 0 Å². The first-order valence-electron chi connectivity index (χ1n) is 6.62. The molecule has 0 amide bonds. The second-order valence-electron chi connectivity index (χ2n) is 4.77. The van der Waals surface area contributed by atoms with Gasteiger partial charge < -0.3 is 9.84 Å². The molecule has 0 saturated carbocycles. The van der Waals surface area contributed by atoms with Crippen LogP contribution in [0.1, 0.15) is 17.5 Å². The Kier molecular flexibility index (Phi) is 4.58. The Morgan fingerprint density at radius 1 is 1.00 bits per heavy atom. The Labute approximate surface area is 114 Å². The van der Waals surface area contributed by atoms with Crippen LogP contribution in [0.5, 0.6) is 5.75 Å². The Bertz CT molecular complexity index is 529. The minimum Gasteiger partial charge on any atom is -0.494 e. The van der Waals surface area contributed by atoms with Crippen LogP contribution in [-0.4, -0.2) is 18.3 Å². The predicted octanol–water partition coefficient (Wildman–Crippen LogP) is 3.73. The van der Waals surface area contributed by atoms with Gasteiger partial charge in [0.2, 0.25) is 0 Å². The largest absolute Gasteiger partial charge is 0.494 e. The van der Waals surface area contributed by atoms with Gasteiger partial charge in [0.1, 0.15) is 5.75 Å². The molecule has 2 heteroatoms. The third-order valence-corrected chi connectivity index (χ3v) is 3.12. The van der Waals surface area contributed by atoms with E-state index in [2.05, 4.69) is 44.2 Å². The minimum atomic E-state index is 0.167. The van der Waals surface area contributed by atoms with Gasteiger partial charge >= 0.3 is 0 Å². The average molecular weight is 256 g/mol. The fourth-order valence-electron chi connectivity index (χ4n) is 2.12. The molecule has 0 radical (unpaired) electrons. The molecule has 2 nitrogen and oxygen atoms in total. The van der Waals surface area contributed by atoms with Crippen LogP contribution in [-0.2, 0) is 0 Å². The molecule has 2 aromatic carbocycles. The van der Waals surface area contributed by atoms with Gasteiger partial charge in [-0.05, 0) is 42.7 Å². The van der Waals surface area contributed by atoms with E-state index in [0.29, 0.717) is 13.0 Å². The number of hydrogen-bond donors (Lipinski definition) is 1. The van der Waals surface area contributed by atoms with E-state index < -0.39 is 0 Å². The first-order chi connectivity index (χ1) is 9.20. The third-order valence-electron chi connectivity index (χ3n) is 3.12. The van der Waals surface area contributed by atoms with E-state index in [-0.39, 0.29) is 6.61 Å². The summed E-state index contributed by atoms with van der Waals surface area (Å²) in [5.74, 6) is 0.849. The van der Waals surface area contributed by atoms with Gasteiger partial charge in [0, 0.05) is 13.0 Å². The van der Waals surface area contributed by atoms with Crippen molar-refractivity contribution >= 4 is 0 Å². The van der Waals surface area contributed by atoms with Crippen molar-refractivity contribution in [3.8, 4) is 16.9 Å². The van der Waals surface area contributed by atoms with Crippen molar-refractivity contribution in [3.05, 3.63) is 53.6 Å². The molecule has 0 bridgehead atoms. The summed E-state index contributed by atoms with van der Waals surface area (Å²) in [4.78, 5) is 0. The van der Waals surface area contributed by atoms with Crippen molar-refractivity contribution < 1.29 is 9.84 Å². The Hall–Kier alpha value is -1.80. The highest BCUT2D eigenvalue weighted by molar-refractivity contribution is 5.68. The summed E-state index contributed by atoms with van der Waals surface area (Å²) in [6, 6.07) is 14.6. The van der Waals surface area contributed by atoms with E-state index >= 15 is 0 Å². The zero-order valence-corrected chi connectivity index (χ0v) is 11.5. The minimum absolute atomic E-state index is 0.167. The van der Waals surface area contributed by atoms with Gasteiger partial charge in [0.15, 0.2) is 0 Å². The van der Waals surface area contributed by atoms with E-state index in [0.717, 1.165) is 5.75 Å². The summed E-state index contributed by atoms with van der Waals surface area (Å²) >= 11 is 0. The number of ether oxygens (including phenoxy) is 1. The molecule has 0 fully saturated rings. The van der Waals surface area contributed by atoms with E-state index in [1.807, 2.05) is 12.1 Å². The summed E-state index contributed by atoms with van der Waals surface area (Å²) in [6.45, 7) is 4.96. The van der Waals surface area contributed by atoms with Crippen LogP contribution >= 0.6 is 0 Å². The second kappa shape index (κ2) is 6.39. The Morgan fingerprint density at radius 2 is 1.74 bits per heavy atom. The highest BCUT2D eigenvalue weighted by atomic mass is 16.5. The van der Waals surface area contributed by atoms with Crippen LogP contribution < -0.4 is 4.74 Å². The van der Waals surface area contributed by atoms with Crippen LogP contribution in [0.15, 0.2) is 42.5 Å². The quantitative estimate of drug-likeness (QED) is 0.826. The predicted molar refractivity (Wildman–Crippen MR) is 78.5 cm³/mol. The number of aliphatic hydroxyl groups excluding tert-OH is 1. The van der Waals surface area contributed by atoms with Crippen LogP contribution in [0, 0.1) is 13.8 Å². The molecule has 2 aromatic rings. The van der Waals surface area contributed by atoms with Crippen LogP contribution in [0.3, 0.4) is 0 Å². The zero-order valence-electron chi connectivity index (χ0n) is 11.5. The van der Waals surface area contributed by atoms with Crippen molar-refractivity contribution in [1.29, 1.82) is 0 Å². The molecule has 0 heterocycles. The maximum atomic E-state index is 8.71. The summed E-state index contributed by atoms with van der Waals surface area (Å²) in [7, 11) is 0. The van der Waals surface area contributed by atoms with Gasteiger partial charge in [0.05, 0.1) is 6.61 Å². The van der Waals surface area contributed by atoms with E-state index in [9.17, 15) is 0 Å². The molecule has 0 aromatic heterocycles. The normalized spacial score (nSPS) is 10.5. The number of benzene rings is 2. The first kappa shape index (κ1) is 13.6. The Balaban J connectivity index is 2.13. The lowest BCUT2D eigenvalue weighted by atomic mass is 9.99. The van der Waals surface area contributed by atoms with Crippen molar-refractivity contribution in [2.45, 2.75) is 20.3 Å². The van der Waals surface area contributed by atoms with Gasteiger partial charge in [-0.2, -0.15) is 0 Å². The van der Waals surface area contributed by atoms with Gasteiger partial charge in [-0.1, -0.05) is 35.9 Å². The summed E-state index contributed by atoms with van der Waals surface area (Å²) in [5.41, 5.74) is 5.03. The number of aryl methyl sites for hydroxylation is 2. The smallest absolute Gasteiger partial charge is 0.119 e. The molecule has 19 heavy (non-hydrogen) atoms. The lowest BCUT2D eigenvalue weighted by molar-refractivity contribution is 0.233. The van der Waals surface area contributed by atoms with Crippen LogP contribution in [0.2, 0.25) is 0 Å². The van der Waals surface area contributed by atoms with E-state index in [4.69, 9.17) is 9.84 Å². The molecule has 0 aliphatic heterocycles. The molecular formula is C17H20O2. The Morgan fingerprint density at radius 3 is 2.37 bits per heavy atom. The highest BCUT2D eigenvalue weighted by Crippen LogP contribution is 2.26. The summed E-state index contributed by atoms with van der Waals surface area (Å²) in [6.07, 6.45) is 0.665. The molecule has 0 aliphatic carbocycles. The fourth-order valence-corrected chi connectivity index (χ4v) is 2.12. The first-order valence-corrected chi connectivity index (χ1v) is 6.62. The molecule has 0 unspecified atom stereocenters. The number of hydrogen-bond acceptors (Lipinski definition) is 2. The monoisotopic (exact) mass is 256 g/mol. The molecule has 0 atom stereocenters. The lowest BCUT2D eigenvalue weighted by Crippen LogP contribution is -1.99. The van der Waals surface area contributed by atoms with Gasteiger partial charge in [-0.15, -0.1) is 0 Å². The van der Waals surface area contributed by atoms with Crippen molar-refractivity contribution in [3.63, 3.8) is 0 Å². The summed E-state index contributed by atoms with van der Waals surface area (Å²) in [5, 5.41) is 8.71. The highest BCUT2D eigenvalue weighted by Gasteiger charge is 2.02. The van der Waals surface area contributed by atoms with Gasteiger partial charge in [-0.25, -0.2) is 0 Å². The molecule has 2 rings (SSSR count). The second-order valence-corrected chi connectivity index (χ2v) is 4.77. The number of rotatable bonds is 5. The number of aliphatic hydroxyl groups is 1. The maximum absolute atomic E-state index is 8.71. The van der Waals surface area contributed by atoms with Gasteiger partial charge in [0.25, 0.3) is 0 Å². The molecule has 1 N–H and O–H groups in total. The zero-order chi connectivity index (χ0) is 13.7. The molecule has 100 valence electrons. The molecular weight excluding hydrogens is 236 g/mol. The molecule has 0 saturated heterocycles. The standard InChI is InChI=1S/C17H20O2/c1-13-4-9-17(14(2)12-13)15-5-7-16(8-6-15)19-11-3-10-18/h4-9,12,18H,3,10-11H2,1-2H3. The van der Waals surface area contributed by atoms with Crippen molar-refractivity contribution in [1.82, 2.24) is 0 Å². The SMILES string of the molecule is Cc1ccc(-c2ccc(OCCCO)cc2)c(C)c1. The fraction of sp³-hybridized carbons (Fsp3) is 0.294. The van der Waals surface area contributed by atoms with Gasteiger partial charge in [-0.3, -0.25) is 0 Å². The molecule has 0 spiro atoms. The van der Waals surface area contributed by atoms with Crippen molar-refractivity contribution in [2.24, 2.45) is 0 Å². The maximum Gasteiger partial charge on any atom is 0.119 e. The molecule has 0 aliphatic rings.